The smallest absolute Gasteiger partial charge is 0.271 e. The Morgan fingerprint density at radius 2 is 1.75 bits per heavy atom. The van der Waals surface area contributed by atoms with E-state index in [2.05, 4.69) is 5.32 Å². The number of non-ortho nitro benzene ring substituents is 1. The molecule has 0 aliphatic heterocycles. The number of nitro benzene ring substituents is 1. The van der Waals surface area contributed by atoms with E-state index in [-0.39, 0.29) is 17.4 Å². The Bertz CT molecular complexity index is 976. The van der Waals surface area contributed by atoms with E-state index in [0.717, 1.165) is 16.1 Å². The first-order valence-corrected chi connectivity index (χ1v) is 10.5. The van der Waals surface area contributed by atoms with Crippen molar-refractivity contribution in [1.82, 2.24) is 5.32 Å². The molecule has 0 saturated carbocycles. The van der Waals surface area contributed by atoms with Gasteiger partial charge in [0, 0.05) is 12.1 Å². The van der Waals surface area contributed by atoms with Crippen molar-refractivity contribution in [3.05, 3.63) is 69.8 Å². The van der Waals surface area contributed by atoms with E-state index >= 15 is 0 Å². The van der Waals surface area contributed by atoms with Crippen LogP contribution < -0.4 is 9.62 Å². The highest BCUT2D eigenvalue weighted by Crippen LogP contribution is 2.29. The molecule has 28 heavy (non-hydrogen) atoms. The number of hydrogen-bond acceptors (Lipinski definition) is 5. The maximum atomic E-state index is 12.8. The number of rotatable bonds is 7. The number of nitrogens with one attached hydrogen (secondary N) is 1. The molecular weight excluding hydrogens is 382 g/mol. The quantitative estimate of drug-likeness (QED) is 0.563. The van der Waals surface area contributed by atoms with Crippen LogP contribution >= 0.6 is 0 Å². The Balaban J connectivity index is 2.37. The van der Waals surface area contributed by atoms with E-state index in [0.29, 0.717) is 5.56 Å². The summed E-state index contributed by atoms with van der Waals surface area (Å²) in [5.41, 5.74) is 1.23. The number of aryl methyl sites for hydroxylation is 1. The Hall–Kier alpha value is -2.94. The number of amides is 1. The van der Waals surface area contributed by atoms with Crippen LogP contribution in [0.4, 0.5) is 11.4 Å². The number of carbonyl (C=O) groups excluding carboxylic acids is 1. The van der Waals surface area contributed by atoms with Gasteiger partial charge < -0.3 is 5.32 Å². The second-order valence-electron chi connectivity index (χ2n) is 6.60. The fraction of sp³-hybridized carbons (Fsp3) is 0.316. The molecule has 0 radical (unpaired) electrons. The van der Waals surface area contributed by atoms with Gasteiger partial charge >= 0.3 is 0 Å². The summed E-state index contributed by atoms with van der Waals surface area (Å²) in [4.78, 5) is 23.3. The first kappa shape index (κ1) is 21.4. The molecular formula is C19H23N3O5S. The maximum absolute atomic E-state index is 12.8. The standard InChI is InChI=1S/C19H23N3O5S/c1-13-10-11-17(22(24)25)12-18(13)21(28(4,26)27)15(3)19(23)20-14(2)16-8-6-5-7-9-16/h5-12,14-15H,1-4H3,(H,20,23)/t14-,15-/m1/s1. The molecule has 0 spiro atoms. The van der Waals surface area contributed by atoms with Crippen LogP contribution in [0.15, 0.2) is 48.5 Å². The number of nitrogens with zero attached hydrogens (tertiary/aromatic N) is 2. The van der Waals surface area contributed by atoms with Crippen molar-refractivity contribution in [1.29, 1.82) is 0 Å². The molecule has 0 aliphatic carbocycles. The predicted molar refractivity (Wildman–Crippen MR) is 108 cm³/mol. The van der Waals surface area contributed by atoms with Crippen molar-refractivity contribution in [3.8, 4) is 0 Å². The summed E-state index contributed by atoms with van der Waals surface area (Å²) < 4.78 is 25.8. The van der Waals surface area contributed by atoms with E-state index in [4.69, 9.17) is 0 Å². The summed E-state index contributed by atoms with van der Waals surface area (Å²) in [6, 6.07) is 11.8. The number of anilines is 1. The van der Waals surface area contributed by atoms with Crippen LogP contribution in [0, 0.1) is 17.0 Å². The molecule has 8 nitrogen and oxygen atoms in total. The molecule has 0 aliphatic rings. The van der Waals surface area contributed by atoms with E-state index in [1.54, 1.807) is 13.8 Å². The van der Waals surface area contributed by atoms with Gasteiger partial charge in [0.2, 0.25) is 15.9 Å². The molecule has 1 amide bonds. The molecule has 2 rings (SSSR count). The maximum Gasteiger partial charge on any atom is 0.271 e. The van der Waals surface area contributed by atoms with Gasteiger partial charge in [0.25, 0.3) is 5.69 Å². The summed E-state index contributed by atoms with van der Waals surface area (Å²) in [5, 5.41) is 13.9. The molecule has 0 aromatic heterocycles. The number of benzene rings is 2. The third-order valence-corrected chi connectivity index (χ3v) is 5.62. The highest BCUT2D eigenvalue weighted by atomic mass is 32.2. The zero-order valence-corrected chi connectivity index (χ0v) is 16.9. The topological polar surface area (TPSA) is 110 Å². The van der Waals surface area contributed by atoms with Crippen LogP contribution in [0.3, 0.4) is 0 Å². The van der Waals surface area contributed by atoms with Gasteiger partial charge in [-0.2, -0.15) is 0 Å². The normalized spacial score (nSPS) is 13.4. The molecule has 0 saturated heterocycles. The number of carbonyl (C=O) groups is 1. The molecule has 2 aromatic carbocycles. The third kappa shape index (κ3) is 4.86. The summed E-state index contributed by atoms with van der Waals surface area (Å²) in [5.74, 6) is -0.507. The highest BCUT2D eigenvalue weighted by Gasteiger charge is 2.31. The van der Waals surface area contributed by atoms with Crippen molar-refractivity contribution >= 4 is 27.3 Å². The van der Waals surface area contributed by atoms with Crippen molar-refractivity contribution < 1.29 is 18.1 Å². The Kier molecular flexibility index (Phi) is 6.40. The Labute approximate surface area is 164 Å². The van der Waals surface area contributed by atoms with Crippen molar-refractivity contribution in [2.24, 2.45) is 0 Å². The molecule has 2 atom stereocenters. The van der Waals surface area contributed by atoms with E-state index < -0.39 is 26.9 Å². The highest BCUT2D eigenvalue weighted by molar-refractivity contribution is 7.92. The Morgan fingerprint density at radius 3 is 2.29 bits per heavy atom. The van der Waals surface area contributed by atoms with Gasteiger partial charge in [-0.1, -0.05) is 36.4 Å². The zero-order chi connectivity index (χ0) is 21.1. The molecule has 9 heteroatoms. The fourth-order valence-electron chi connectivity index (χ4n) is 2.89. The summed E-state index contributed by atoms with van der Waals surface area (Å²) in [6.45, 7) is 4.88. The van der Waals surface area contributed by atoms with Crippen molar-refractivity contribution in [2.75, 3.05) is 10.6 Å². The zero-order valence-electron chi connectivity index (χ0n) is 16.1. The second-order valence-corrected chi connectivity index (χ2v) is 8.46. The van der Waals surface area contributed by atoms with Gasteiger partial charge in [-0.25, -0.2) is 8.42 Å². The minimum absolute atomic E-state index is 0.103. The number of hydrogen-bond donors (Lipinski definition) is 1. The van der Waals surface area contributed by atoms with E-state index in [1.807, 2.05) is 30.3 Å². The molecule has 1 N–H and O–H groups in total. The van der Waals surface area contributed by atoms with Gasteiger partial charge in [-0.05, 0) is 31.9 Å². The summed E-state index contributed by atoms with van der Waals surface area (Å²) >= 11 is 0. The van der Waals surface area contributed by atoms with Crippen LogP contribution in [0.1, 0.15) is 31.0 Å². The fourth-order valence-corrected chi connectivity index (χ4v) is 4.11. The monoisotopic (exact) mass is 405 g/mol. The van der Waals surface area contributed by atoms with Gasteiger partial charge in [0.05, 0.1) is 22.9 Å². The first-order valence-electron chi connectivity index (χ1n) is 8.62. The van der Waals surface area contributed by atoms with Crippen LogP contribution in [0.2, 0.25) is 0 Å². The van der Waals surface area contributed by atoms with Crippen LogP contribution in [-0.2, 0) is 14.8 Å². The van der Waals surface area contributed by atoms with Gasteiger partial charge in [0.1, 0.15) is 6.04 Å². The minimum atomic E-state index is -3.88. The van der Waals surface area contributed by atoms with Gasteiger partial charge in [0.15, 0.2) is 0 Å². The van der Waals surface area contributed by atoms with Gasteiger partial charge in [-0.3, -0.25) is 19.2 Å². The summed E-state index contributed by atoms with van der Waals surface area (Å²) in [6.07, 6.45) is 0.968. The minimum Gasteiger partial charge on any atom is -0.348 e. The second kappa shape index (κ2) is 8.39. The van der Waals surface area contributed by atoms with Crippen molar-refractivity contribution in [2.45, 2.75) is 32.9 Å². The lowest BCUT2D eigenvalue weighted by molar-refractivity contribution is -0.384. The lowest BCUT2D eigenvalue weighted by Crippen LogP contribution is -2.48. The predicted octanol–water partition coefficient (Wildman–Crippen LogP) is 2.94. The van der Waals surface area contributed by atoms with E-state index in [1.165, 1.54) is 25.1 Å². The first-order chi connectivity index (χ1) is 13.0. The molecule has 2 aromatic rings. The number of sulfonamides is 1. The average Bonchev–Trinajstić information content (AvgIpc) is 2.62. The van der Waals surface area contributed by atoms with Crippen molar-refractivity contribution in [3.63, 3.8) is 0 Å². The molecule has 150 valence electrons. The average molecular weight is 405 g/mol. The molecule has 0 fully saturated rings. The van der Waals surface area contributed by atoms with Crippen LogP contribution in [-0.4, -0.2) is 31.5 Å². The molecule has 0 bridgehead atoms. The molecule has 0 heterocycles. The summed E-state index contributed by atoms with van der Waals surface area (Å²) in [7, 11) is -3.88. The third-order valence-electron chi connectivity index (χ3n) is 4.39. The largest absolute Gasteiger partial charge is 0.348 e. The Morgan fingerprint density at radius 1 is 1.14 bits per heavy atom. The van der Waals surface area contributed by atoms with E-state index in [9.17, 15) is 23.3 Å². The van der Waals surface area contributed by atoms with Gasteiger partial charge in [-0.15, -0.1) is 0 Å². The number of nitro groups is 1. The lowest BCUT2D eigenvalue weighted by atomic mass is 10.1. The lowest BCUT2D eigenvalue weighted by Gasteiger charge is -2.30. The van der Waals surface area contributed by atoms with Crippen LogP contribution in [0.5, 0.6) is 0 Å². The molecule has 0 unspecified atom stereocenters. The van der Waals surface area contributed by atoms with Crippen LogP contribution in [0.25, 0.3) is 0 Å². The SMILES string of the molecule is Cc1ccc([N+](=O)[O-])cc1N([C@H](C)C(=O)N[C@H](C)c1ccccc1)S(C)(=O)=O.